The maximum Gasteiger partial charge on any atom is 0.0599 e. The van der Waals surface area contributed by atoms with E-state index in [0.717, 1.165) is 4.83 Å². The van der Waals surface area contributed by atoms with Crippen LogP contribution in [-0.2, 0) is 4.74 Å². The highest BCUT2D eigenvalue weighted by atomic mass is 79.9. The van der Waals surface area contributed by atoms with Gasteiger partial charge in [0.2, 0.25) is 0 Å². The third-order valence-corrected chi connectivity index (χ3v) is 4.14. The maximum absolute atomic E-state index is 6.08. The molecule has 0 amide bonds. The van der Waals surface area contributed by atoms with Crippen molar-refractivity contribution in [2.75, 3.05) is 0 Å². The summed E-state index contributed by atoms with van der Waals surface area (Å²) in [6.07, 6.45) is 5.83. The maximum atomic E-state index is 6.08. The first-order chi connectivity index (χ1) is 6.39. The van der Waals surface area contributed by atoms with Crippen molar-refractivity contribution in [2.24, 2.45) is 5.41 Å². The summed E-state index contributed by atoms with van der Waals surface area (Å²) in [5, 5.41) is 0. The zero-order chi connectivity index (χ0) is 10.8. The van der Waals surface area contributed by atoms with Crippen molar-refractivity contribution in [3.8, 4) is 0 Å². The molecule has 0 aromatic rings. The van der Waals surface area contributed by atoms with Gasteiger partial charge in [-0.2, -0.15) is 0 Å². The Morgan fingerprint density at radius 1 is 1.14 bits per heavy atom. The summed E-state index contributed by atoms with van der Waals surface area (Å²) >= 11 is 3.67. The van der Waals surface area contributed by atoms with E-state index in [2.05, 4.69) is 43.6 Å². The standard InChI is InChI=1S/C12H23BrO/c1-9(12(2,3)4)14-11-7-5-10(13)6-8-11/h9-11H,5-8H2,1-4H3. The van der Waals surface area contributed by atoms with Crippen molar-refractivity contribution in [3.63, 3.8) is 0 Å². The number of alkyl halides is 1. The molecule has 1 rings (SSSR count). The van der Waals surface area contributed by atoms with E-state index in [0.29, 0.717) is 12.2 Å². The van der Waals surface area contributed by atoms with Gasteiger partial charge in [-0.05, 0) is 38.0 Å². The van der Waals surface area contributed by atoms with Crippen LogP contribution >= 0.6 is 15.9 Å². The van der Waals surface area contributed by atoms with E-state index in [1.54, 1.807) is 0 Å². The molecule has 1 aliphatic rings. The van der Waals surface area contributed by atoms with Gasteiger partial charge < -0.3 is 4.74 Å². The minimum absolute atomic E-state index is 0.269. The van der Waals surface area contributed by atoms with Crippen LogP contribution in [0.3, 0.4) is 0 Å². The van der Waals surface area contributed by atoms with Crippen molar-refractivity contribution in [3.05, 3.63) is 0 Å². The van der Waals surface area contributed by atoms with E-state index in [4.69, 9.17) is 4.74 Å². The predicted molar refractivity (Wildman–Crippen MR) is 65.0 cm³/mol. The summed E-state index contributed by atoms with van der Waals surface area (Å²) in [4.78, 5) is 0.729. The molecule has 0 bridgehead atoms. The molecule has 0 heterocycles. The van der Waals surface area contributed by atoms with Gasteiger partial charge in [-0.15, -0.1) is 0 Å². The van der Waals surface area contributed by atoms with Gasteiger partial charge in [0, 0.05) is 4.83 Å². The van der Waals surface area contributed by atoms with E-state index >= 15 is 0 Å². The van der Waals surface area contributed by atoms with E-state index in [9.17, 15) is 0 Å². The van der Waals surface area contributed by atoms with Crippen molar-refractivity contribution in [1.82, 2.24) is 0 Å². The number of halogens is 1. The molecule has 1 aliphatic carbocycles. The Kier molecular flexibility index (Phi) is 4.45. The molecule has 0 aromatic carbocycles. The second-order valence-electron chi connectivity index (χ2n) is 5.52. The van der Waals surface area contributed by atoms with Gasteiger partial charge in [0.1, 0.15) is 0 Å². The number of hydrogen-bond acceptors (Lipinski definition) is 1. The van der Waals surface area contributed by atoms with Crippen LogP contribution < -0.4 is 0 Å². The Bertz CT molecular complexity index is 166. The minimum Gasteiger partial charge on any atom is -0.375 e. The summed E-state index contributed by atoms with van der Waals surface area (Å²) in [6, 6.07) is 0. The molecule has 1 fully saturated rings. The summed E-state index contributed by atoms with van der Waals surface area (Å²) < 4.78 is 6.08. The van der Waals surface area contributed by atoms with Gasteiger partial charge in [0.05, 0.1) is 12.2 Å². The lowest BCUT2D eigenvalue weighted by Crippen LogP contribution is -2.32. The van der Waals surface area contributed by atoms with Crippen LogP contribution in [-0.4, -0.2) is 17.0 Å². The van der Waals surface area contributed by atoms with Crippen LogP contribution in [0.2, 0.25) is 0 Å². The van der Waals surface area contributed by atoms with Crippen LogP contribution in [0.1, 0.15) is 53.4 Å². The second kappa shape index (κ2) is 4.98. The summed E-state index contributed by atoms with van der Waals surface area (Å²) in [7, 11) is 0. The summed E-state index contributed by atoms with van der Waals surface area (Å²) in [6.45, 7) is 8.93. The molecule has 0 saturated heterocycles. The molecule has 14 heavy (non-hydrogen) atoms. The third-order valence-electron chi connectivity index (χ3n) is 3.22. The van der Waals surface area contributed by atoms with E-state index in [-0.39, 0.29) is 5.41 Å². The van der Waals surface area contributed by atoms with Crippen LogP contribution in [0.15, 0.2) is 0 Å². The SMILES string of the molecule is CC(OC1CCC(Br)CC1)C(C)(C)C. The quantitative estimate of drug-likeness (QED) is 0.680. The molecule has 0 N–H and O–H groups in total. The van der Waals surface area contributed by atoms with Gasteiger partial charge in [0.25, 0.3) is 0 Å². The van der Waals surface area contributed by atoms with Crippen LogP contribution in [0, 0.1) is 5.41 Å². The average molecular weight is 263 g/mol. The molecular weight excluding hydrogens is 240 g/mol. The van der Waals surface area contributed by atoms with Crippen LogP contribution in [0.5, 0.6) is 0 Å². The van der Waals surface area contributed by atoms with Crippen molar-refractivity contribution < 1.29 is 4.74 Å². The molecule has 1 nitrogen and oxygen atoms in total. The zero-order valence-electron chi connectivity index (χ0n) is 9.85. The molecule has 84 valence electrons. The molecule has 1 saturated carbocycles. The smallest absolute Gasteiger partial charge is 0.0599 e. The lowest BCUT2D eigenvalue weighted by molar-refractivity contribution is -0.0676. The Hall–Kier alpha value is 0.440. The number of ether oxygens (including phenoxy) is 1. The largest absolute Gasteiger partial charge is 0.375 e. The lowest BCUT2D eigenvalue weighted by atomic mass is 9.89. The lowest BCUT2D eigenvalue weighted by Gasteiger charge is -2.34. The molecule has 0 aromatic heterocycles. The fraction of sp³-hybridized carbons (Fsp3) is 1.00. The topological polar surface area (TPSA) is 9.23 Å². The van der Waals surface area contributed by atoms with Crippen LogP contribution in [0.25, 0.3) is 0 Å². The Balaban J connectivity index is 2.31. The van der Waals surface area contributed by atoms with E-state index < -0.39 is 0 Å². The Morgan fingerprint density at radius 2 is 1.64 bits per heavy atom. The van der Waals surface area contributed by atoms with Crippen molar-refractivity contribution >= 4 is 15.9 Å². The van der Waals surface area contributed by atoms with Gasteiger partial charge in [-0.1, -0.05) is 36.7 Å². The fourth-order valence-electron chi connectivity index (χ4n) is 1.65. The first-order valence-corrected chi connectivity index (χ1v) is 6.60. The predicted octanol–water partition coefficient (Wildman–Crippen LogP) is 4.14. The normalized spacial score (nSPS) is 31.5. The fourth-order valence-corrected chi connectivity index (χ4v) is 2.18. The molecule has 2 heteroatoms. The third kappa shape index (κ3) is 3.90. The minimum atomic E-state index is 0.269. The molecule has 0 spiro atoms. The van der Waals surface area contributed by atoms with Gasteiger partial charge >= 0.3 is 0 Å². The molecule has 0 radical (unpaired) electrons. The van der Waals surface area contributed by atoms with Crippen molar-refractivity contribution in [2.45, 2.75) is 70.4 Å². The highest BCUT2D eigenvalue weighted by Crippen LogP contribution is 2.30. The van der Waals surface area contributed by atoms with Crippen LogP contribution in [0.4, 0.5) is 0 Å². The number of rotatable bonds is 2. The Morgan fingerprint density at radius 3 is 2.07 bits per heavy atom. The summed E-state index contributed by atoms with van der Waals surface area (Å²) in [5.41, 5.74) is 0.269. The van der Waals surface area contributed by atoms with Gasteiger partial charge in [-0.25, -0.2) is 0 Å². The first-order valence-electron chi connectivity index (χ1n) is 5.69. The molecule has 1 unspecified atom stereocenters. The molecular formula is C12H23BrO. The van der Waals surface area contributed by atoms with Crippen molar-refractivity contribution in [1.29, 1.82) is 0 Å². The van der Waals surface area contributed by atoms with Gasteiger partial charge in [-0.3, -0.25) is 0 Å². The van der Waals surface area contributed by atoms with E-state index in [1.807, 2.05) is 0 Å². The highest BCUT2D eigenvalue weighted by Gasteiger charge is 2.26. The monoisotopic (exact) mass is 262 g/mol. The number of hydrogen-bond donors (Lipinski definition) is 0. The Labute approximate surface area is 96.7 Å². The second-order valence-corrected chi connectivity index (χ2v) is 6.81. The molecule has 1 atom stereocenters. The van der Waals surface area contributed by atoms with Gasteiger partial charge in [0.15, 0.2) is 0 Å². The highest BCUT2D eigenvalue weighted by molar-refractivity contribution is 9.09. The van der Waals surface area contributed by atoms with E-state index in [1.165, 1.54) is 25.7 Å². The zero-order valence-corrected chi connectivity index (χ0v) is 11.4. The molecule has 0 aliphatic heterocycles. The average Bonchev–Trinajstić information content (AvgIpc) is 2.07. The first kappa shape index (κ1) is 12.5. The summed E-state index contributed by atoms with van der Waals surface area (Å²) in [5.74, 6) is 0.